The minimum Gasteiger partial charge on any atom is -0.444 e. The Morgan fingerprint density at radius 2 is 0.969 bits per heavy atom. The summed E-state index contributed by atoms with van der Waals surface area (Å²) in [6, 6.07) is 31.7. The van der Waals surface area contributed by atoms with Crippen LogP contribution in [0.15, 0.2) is 102 Å². The molecule has 2 saturated carbocycles. The Morgan fingerprint density at radius 3 is 1.37 bits per heavy atom. The van der Waals surface area contributed by atoms with Crippen molar-refractivity contribution in [1.82, 2.24) is 44.9 Å². The van der Waals surface area contributed by atoms with Crippen molar-refractivity contribution in [1.29, 1.82) is 0 Å². The molecule has 0 spiro atoms. The number of imidazole rings is 2. The minimum atomic E-state index is -0.666. The third-order valence-electron chi connectivity index (χ3n) is 18.1. The summed E-state index contributed by atoms with van der Waals surface area (Å²) >= 11 is 3.47. The molecule has 4 aliphatic rings. The van der Waals surface area contributed by atoms with Gasteiger partial charge in [-0.05, 0) is 178 Å². The van der Waals surface area contributed by atoms with Crippen LogP contribution in [-0.2, 0) is 54.5 Å². The van der Waals surface area contributed by atoms with Crippen molar-refractivity contribution in [2.75, 3.05) is 53.6 Å². The third kappa shape index (κ3) is 25.4. The molecule has 97 heavy (non-hydrogen) atoms. The van der Waals surface area contributed by atoms with E-state index in [9.17, 15) is 24.0 Å². The molecule has 4 atom stereocenters. The summed E-state index contributed by atoms with van der Waals surface area (Å²) in [6.45, 7) is 16.5. The van der Waals surface area contributed by atoms with E-state index in [1.165, 1.54) is 38.5 Å². The van der Waals surface area contributed by atoms with E-state index in [0.717, 1.165) is 127 Å². The van der Waals surface area contributed by atoms with E-state index in [4.69, 9.17) is 34.6 Å². The summed E-state index contributed by atoms with van der Waals surface area (Å²) in [5.74, 6) is 2.28. The van der Waals surface area contributed by atoms with Crippen LogP contribution in [0.25, 0.3) is 22.1 Å². The number of hydrogen-bond acceptors (Lipinski definition) is 12. The van der Waals surface area contributed by atoms with E-state index in [2.05, 4.69) is 53.1 Å². The molecule has 2 aliphatic carbocycles. The second-order valence-corrected chi connectivity index (χ2v) is 29.2. The van der Waals surface area contributed by atoms with Crippen LogP contribution < -0.4 is 21.7 Å². The number of aromatic nitrogens is 4. The van der Waals surface area contributed by atoms with Gasteiger partial charge >= 0.3 is 12.2 Å². The Hall–Kier alpha value is -6.87. The maximum Gasteiger partial charge on any atom is 0.407 e. The van der Waals surface area contributed by atoms with Gasteiger partial charge in [-0.15, -0.1) is 0 Å². The number of benzene rings is 4. The van der Waals surface area contributed by atoms with Gasteiger partial charge in [-0.2, -0.15) is 0 Å². The van der Waals surface area contributed by atoms with E-state index in [0.29, 0.717) is 63.8 Å². The van der Waals surface area contributed by atoms with Crippen molar-refractivity contribution in [3.8, 4) is 0 Å². The van der Waals surface area contributed by atoms with Crippen LogP contribution >= 0.6 is 15.9 Å². The number of halogens is 1. The molecule has 2 aromatic heterocycles. The Kier molecular flexibility index (Phi) is 31.9. The lowest BCUT2D eigenvalue weighted by atomic mass is 9.95. The van der Waals surface area contributed by atoms with E-state index in [1.54, 1.807) is 14.2 Å². The molecule has 4 heterocycles. The Morgan fingerprint density at radius 1 is 0.557 bits per heavy atom. The van der Waals surface area contributed by atoms with Crippen molar-refractivity contribution >= 4 is 67.9 Å². The number of nitrogens with two attached hydrogens (primary N) is 1. The van der Waals surface area contributed by atoms with Gasteiger partial charge in [0.05, 0.1) is 22.1 Å². The summed E-state index contributed by atoms with van der Waals surface area (Å²) in [7, 11) is 3.44. The molecule has 19 nitrogen and oxygen atoms in total. The van der Waals surface area contributed by atoms with Crippen molar-refractivity contribution in [3.63, 3.8) is 0 Å². The predicted molar refractivity (Wildman–Crippen MR) is 392 cm³/mol. The predicted octanol–water partition coefficient (Wildman–Crippen LogP) is 15.0. The number of methoxy groups -OCH3 is 2. The summed E-state index contributed by atoms with van der Waals surface area (Å²) in [6.07, 6.45) is 18.0. The van der Waals surface area contributed by atoms with Gasteiger partial charge in [0.2, 0.25) is 11.8 Å². The highest BCUT2D eigenvalue weighted by Crippen LogP contribution is 2.33. The number of piperidine rings is 2. The molecule has 4 fully saturated rings. The van der Waals surface area contributed by atoms with Crippen molar-refractivity contribution in [3.05, 3.63) is 130 Å². The van der Waals surface area contributed by atoms with Gasteiger partial charge in [-0.25, -0.2) is 19.6 Å². The fraction of sp³-hybridized carbons (Fsp3) is 0.597. The third-order valence-corrected chi connectivity index (χ3v) is 18.6. The number of hydrogen-bond donors (Lipinski definition) is 4. The Labute approximate surface area is 586 Å². The molecule has 10 rings (SSSR count). The number of alkyl carbamates (subject to hydrolysis) is 2. The van der Waals surface area contributed by atoms with E-state index in [1.807, 2.05) is 136 Å². The normalized spacial score (nSPS) is 17.6. The van der Waals surface area contributed by atoms with Crippen molar-refractivity contribution in [2.45, 2.75) is 245 Å². The number of likely N-dealkylation sites (tertiary alicyclic amines) is 2. The van der Waals surface area contributed by atoms with Gasteiger partial charge < -0.3 is 59.6 Å². The number of aryl methyl sites for hydroxylation is 2. The molecule has 0 bridgehead atoms. The second-order valence-electron chi connectivity index (χ2n) is 28.3. The lowest BCUT2D eigenvalue weighted by Gasteiger charge is -2.34. The smallest absolute Gasteiger partial charge is 0.407 e. The number of ether oxygens (including phenoxy) is 4. The minimum absolute atomic E-state index is 0. The van der Waals surface area contributed by atoms with Crippen LogP contribution in [0.4, 0.5) is 9.59 Å². The molecule has 4 aromatic carbocycles. The maximum atomic E-state index is 13.9. The summed E-state index contributed by atoms with van der Waals surface area (Å²) in [5.41, 5.74) is 11.1. The number of nitrogens with zero attached hydrogens (tertiary/aromatic N) is 6. The molecule has 6 aromatic rings. The lowest BCUT2D eigenvalue weighted by Crippen LogP contribution is -2.46. The van der Waals surface area contributed by atoms with E-state index in [-0.39, 0.29) is 69.3 Å². The SMILES string of the molecule is C.C.COCCCn1c([C@@H]2CCCN(C(=O)C[C@@H](Cc3ccc(Br)cc3)NC(=O)OC(C)(C)C)C2)nc2ccccc21.COCCCn1c([C@@H]2CCCN(C(=O)C[C@@H](Cc3ccc(C(=O)NC4CCCCC4)cc3)NC(=O)OC(C)(C)C)C2)nc2ccccc21.NC1CCCCC1. The maximum absolute atomic E-state index is 13.9. The van der Waals surface area contributed by atoms with E-state index >= 15 is 0 Å². The zero-order valence-electron chi connectivity index (χ0n) is 57.8. The lowest BCUT2D eigenvalue weighted by molar-refractivity contribution is -0.133. The molecule has 5 N–H and O–H groups in total. The molecule has 20 heteroatoms. The molecule has 2 saturated heterocycles. The van der Waals surface area contributed by atoms with Gasteiger partial charge in [0.1, 0.15) is 22.9 Å². The zero-order valence-corrected chi connectivity index (χ0v) is 59.4. The first-order chi connectivity index (χ1) is 45.6. The fourth-order valence-electron chi connectivity index (χ4n) is 13.5. The average Bonchev–Trinajstić information content (AvgIpc) is 1.65. The number of carbonyl (C=O) groups is 5. The van der Waals surface area contributed by atoms with Crippen LogP contribution in [0.1, 0.15) is 217 Å². The summed E-state index contributed by atoms with van der Waals surface area (Å²) < 4.78 is 27.3. The number of rotatable bonds is 22. The molecule has 5 amide bonds. The highest BCUT2D eigenvalue weighted by atomic mass is 79.9. The number of nitrogens with one attached hydrogen (secondary N) is 3. The van der Waals surface area contributed by atoms with Gasteiger partial charge in [0, 0.05) is 126 Å². The molecule has 0 radical (unpaired) electrons. The highest BCUT2D eigenvalue weighted by molar-refractivity contribution is 9.10. The van der Waals surface area contributed by atoms with Gasteiger partial charge in [-0.3, -0.25) is 14.4 Å². The molecule has 2 aliphatic heterocycles. The van der Waals surface area contributed by atoms with Crippen LogP contribution in [0.3, 0.4) is 0 Å². The largest absolute Gasteiger partial charge is 0.444 e. The topological polar surface area (TPSA) is 226 Å². The number of para-hydroxylation sites is 4. The zero-order chi connectivity index (χ0) is 67.9. The standard InChI is InChI=1S/C38H53N5O5.C31H41BrN4O4.C6H13N.2CH4/c1-38(2,3)48-37(46)40-31(24-27-17-19-28(20-18-27)36(45)39-30-13-6-5-7-14-30)25-34(44)42-21-10-12-29(26-42)35-41-32-15-8-9-16-33(32)43(35)22-11-23-47-4;1-31(2,3)40-30(38)33-25(19-22-12-14-24(32)15-13-22)20-28(37)35-16-7-9-23(21-35)29-34-26-10-5-6-11-27(26)36(29)17-8-18-39-4;7-6-4-2-1-3-5-6;;/h8-9,15-20,29-31H,5-7,10-14,21-26H2,1-4H3,(H,39,45)(H,40,46);5-6,10-15,23,25H,7-9,16-21H2,1-4H3,(H,33,38);6H,1-5,7H2;2*1H4/t29-,31-;23-,25-;;;/m11.../s1. The first-order valence-corrected chi connectivity index (χ1v) is 35.7. The Bertz CT molecular complexity index is 3380. The summed E-state index contributed by atoms with van der Waals surface area (Å²) in [4.78, 5) is 79.8. The van der Waals surface area contributed by atoms with Crippen LogP contribution in [0.2, 0.25) is 0 Å². The summed E-state index contributed by atoms with van der Waals surface area (Å²) in [5, 5.41) is 9.09. The van der Waals surface area contributed by atoms with Gasteiger partial charge in [0.15, 0.2) is 0 Å². The highest BCUT2D eigenvalue weighted by Gasteiger charge is 2.33. The van der Waals surface area contributed by atoms with Crippen LogP contribution in [-0.4, -0.2) is 148 Å². The number of carbonyl (C=O) groups excluding carboxylic acids is 5. The first-order valence-electron chi connectivity index (χ1n) is 34.9. The number of amides is 5. The van der Waals surface area contributed by atoms with Gasteiger partial charge in [0.25, 0.3) is 5.91 Å². The molecule has 0 unspecified atom stereocenters. The van der Waals surface area contributed by atoms with Crippen molar-refractivity contribution < 1.29 is 42.9 Å². The first kappa shape index (κ1) is 79.1. The fourth-order valence-corrected chi connectivity index (χ4v) is 13.7. The Balaban J connectivity index is 0.000000276. The van der Waals surface area contributed by atoms with Gasteiger partial charge in [-0.1, -0.05) is 118 Å². The van der Waals surface area contributed by atoms with Crippen molar-refractivity contribution in [2.24, 2.45) is 5.73 Å². The second kappa shape index (κ2) is 39.1. The number of fused-ring (bicyclic) bond motifs is 2. The van der Waals surface area contributed by atoms with Crippen LogP contribution in [0, 0.1) is 0 Å². The quantitative estimate of drug-likeness (QED) is 0.0466. The van der Waals surface area contributed by atoms with Crippen LogP contribution in [0.5, 0.6) is 0 Å². The average molecular weight is 1400 g/mol. The van der Waals surface area contributed by atoms with E-state index < -0.39 is 29.4 Å². The molecular weight excluding hydrogens is 1290 g/mol. The monoisotopic (exact) mass is 1400 g/mol. The molecule has 534 valence electrons. The molecular formula is C77H115BrN10O9.